The van der Waals surface area contributed by atoms with Crippen LogP contribution in [0.3, 0.4) is 0 Å². The molecular weight excluding hydrogens is 224 g/mol. The van der Waals surface area contributed by atoms with E-state index in [1.165, 1.54) is 6.08 Å². The molecule has 12 heavy (non-hydrogen) atoms. The number of halogens is 1. The average Bonchev–Trinajstić information content (AvgIpc) is 2.00. The Labute approximate surface area is 80.5 Å². The number of rotatable bonds is 4. The van der Waals surface area contributed by atoms with Gasteiger partial charge in [0.25, 0.3) is 0 Å². The number of ether oxygens (including phenoxy) is 1. The van der Waals surface area contributed by atoms with E-state index in [1.54, 1.807) is 19.9 Å². The molecule has 0 rings (SSSR count). The van der Waals surface area contributed by atoms with Crippen LogP contribution in [-0.4, -0.2) is 28.6 Å². The van der Waals surface area contributed by atoms with Crippen molar-refractivity contribution in [3.63, 3.8) is 0 Å². The fraction of sp³-hybridized carbons (Fsp3) is 0.625. The van der Waals surface area contributed by atoms with Gasteiger partial charge in [-0.05, 0) is 13.8 Å². The van der Waals surface area contributed by atoms with Gasteiger partial charge in [0.05, 0.1) is 17.5 Å². The summed E-state index contributed by atoms with van der Waals surface area (Å²) in [5.41, 5.74) is 0. The normalized spacial score (nSPS) is 16.0. The molecular formula is C8H13BrO3. The van der Waals surface area contributed by atoms with E-state index in [4.69, 9.17) is 5.11 Å². The maximum absolute atomic E-state index is 10.8. The van der Waals surface area contributed by atoms with Crippen LogP contribution in [0.25, 0.3) is 0 Å². The minimum Gasteiger partial charge on any atom is -0.463 e. The van der Waals surface area contributed by atoms with Gasteiger partial charge in [-0.2, -0.15) is 0 Å². The molecule has 0 spiro atoms. The highest BCUT2D eigenvalue weighted by molar-refractivity contribution is 9.09. The van der Waals surface area contributed by atoms with Gasteiger partial charge >= 0.3 is 5.97 Å². The summed E-state index contributed by atoms with van der Waals surface area (Å²) in [7, 11) is 0. The van der Waals surface area contributed by atoms with Gasteiger partial charge in [-0.25, -0.2) is 4.79 Å². The van der Waals surface area contributed by atoms with Gasteiger partial charge in [-0.15, -0.1) is 0 Å². The van der Waals surface area contributed by atoms with E-state index in [0.717, 1.165) is 0 Å². The minimum absolute atomic E-state index is 0.207. The summed E-state index contributed by atoms with van der Waals surface area (Å²) in [6.45, 7) is 3.74. The molecule has 0 aliphatic rings. The van der Waals surface area contributed by atoms with Gasteiger partial charge in [-0.1, -0.05) is 22.0 Å². The third kappa shape index (κ3) is 5.32. The van der Waals surface area contributed by atoms with Crippen molar-refractivity contribution in [1.29, 1.82) is 0 Å². The van der Waals surface area contributed by atoms with Crippen molar-refractivity contribution in [3.05, 3.63) is 12.2 Å². The summed E-state index contributed by atoms with van der Waals surface area (Å²) in [6, 6.07) is 0. The van der Waals surface area contributed by atoms with Crippen LogP contribution < -0.4 is 0 Å². The lowest BCUT2D eigenvalue weighted by atomic mass is 10.2. The van der Waals surface area contributed by atoms with Crippen LogP contribution in [-0.2, 0) is 9.53 Å². The minimum atomic E-state index is -0.518. The summed E-state index contributed by atoms with van der Waals surface area (Å²) in [5.74, 6) is -0.386. The van der Waals surface area contributed by atoms with Crippen molar-refractivity contribution in [2.24, 2.45) is 0 Å². The number of carbonyl (C=O) groups excluding carboxylic acids is 1. The number of alkyl halides is 1. The third-order valence-electron chi connectivity index (χ3n) is 1.16. The zero-order chi connectivity index (χ0) is 9.56. The Hall–Kier alpha value is -0.350. The first-order valence-corrected chi connectivity index (χ1v) is 4.66. The second-order valence-corrected chi connectivity index (χ2v) is 3.35. The summed E-state index contributed by atoms with van der Waals surface area (Å²) in [6.07, 6.45) is 2.34. The molecule has 4 heteroatoms. The number of hydrogen-bond donors (Lipinski definition) is 1. The summed E-state index contributed by atoms with van der Waals surface area (Å²) < 4.78 is 4.64. The van der Waals surface area contributed by atoms with Crippen LogP contribution in [0.5, 0.6) is 0 Å². The number of esters is 1. The average molecular weight is 237 g/mol. The van der Waals surface area contributed by atoms with Crippen molar-refractivity contribution in [2.75, 3.05) is 6.61 Å². The Kier molecular flexibility index (Phi) is 6.02. The van der Waals surface area contributed by atoms with Gasteiger partial charge in [-0.3, -0.25) is 0 Å². The molecule has 0 saturated heterocycles. The highest BCUT2D eigenvalue weighted by atomic mass is 79.9. The predicted molar refractivity (Wildman–Crippen MR) is 50.2 cm³/mol. The molecule has 70 valence electrons. The fourth-order valence-corrected chi connectivity index (χ4v) is 0.674. The van der Waals surface area contributed by atoms with E-state index < -0.39 is 6.10 Å². The van der Waals surface area contributed by atoms with Gasteiger partial charge in [0.15, 0.2) is 0 Å². The molecule has 0 heterocycles. The smallest absolute Gasteiger partial charge is 0.330 e. The lowest BCUT2D eigenvalue weighted by molar-refractivity contribution is -0.137. The molecule has 0 aromatic carbocycles. The third-order valence-corrected chi connectivity index (χ3v) is 2.23. The molecule has 0 aliphatic carbocycles. The van der Waals surface area contributed by atoms with Gasteiger partial charge in [0, 0.05) is 6.08 Å². The maximum atomic E-state index is 10.8. The molecule has 0 aromatic rings. The monoisotopic (exact) mass is 236 g/mol. The molecule has 3 nitrogen and oxygen atoms in total. The maximum Gasteiger partial charge on any atom is 0.330 e. The van der Waals surface area contributed by atoms with Crippen molar-refractivity contribution in [2.45, 2.75) is 24.8 Å². The molecule has 1 N–H and O–H groups in total. The summed E-state index contributed by atoms with van der Waals surface area (Å²) in [5, 5.41) is 9.01. The largest absolute Gasteiger partial charge is 0.463 e. The van der Waals surface area contributed by atoms with Crippen molar-refractivity contribution < 1.29 is 14.6 Å². The van der Waals surface area contributed by atoms with E-state index in [2.05, 4.69) is 20.7 Å². The zero-order valence-electron chi connectivity index (χ0n) is 7.16. The highest BCUT2D eigenvalue weighted by Crippen LogP contribution is 2.06. The fourth-order valence-electron chi connectivity index (χ4n) is 0.522. The standard InChI is InChI=1S/C8H13BrO3/c1-3-12-8(11)5-4-7(9)6(2)10/h4-7,10H,3H2,1-2H3/b5-4+/t6-,7+/m1/s1. The van der Waals surface area contributed by atoms with Crippen LogP contribution >= 0.6 is 15.9 Å². The van der Waals surface area contributed by atoms with Crippen LogP contribution in [0.15, 0.2) is 12.2 Å². The molecule has 0 bridgehead atoms. The summed E-state index contributed by atoms with van der Waals surface area (Å²) >= 11 is 3.18. The van der Waals surface area contributed by atoms with Gasteiger partial charge < -0.3 is 9.84 Å². The summed E-state index contributed by atoms with van der Waals surface area (Å²) in [4.78, 5) is 10.6. The Bertz CT molecular complexity index is 166. The first-order chi connectivity index (χ1) is 5.57. The van der Waals surface area contributed by atoms with Gasteiger partial charge in [0.1, 0.15) is 0 Å². The lowest BCUT2D eigenvalue weighted by Gasteiger charge is -2.06. The number of aliphatic hydroxyl groups excluding tert-OH is 1. The number of aliphatic hydroxyl groups is 1. The van der Waals surface area contributed by atoms with Crippen LogP contribution in [0.1, 0.15) is 13.8 Å². The molecule has 2 atom stereocenters. The van der Waals surface area contributed by atoms with Crippen molar-refractivity contribution in [1.82, 2.24) is 0 Å². The Balaban J connectivity index is 3.81. The molecule has 0 amide bonds. The van der Waals surface area contributed by atoms with Crippen LogP contribution in [0, 0.1) is 0 Å². The molecule has 0 fully saturated rings. The lowest BCUT2D eigenvalue weighted by Crippen LogP contribution is -2.13. The quantitative estimate of drug-likeness (QED) is 0.454. The zero-order valence-corrected chi connectivity index (χ0v) is 8.74. The number of carbonyl (C=O) groups is 1. The topological polar surface area (TPSA) is 46.5 Å². The molecule has 0 radical (unpaired) electrons. The predicted octanol–water partition coefficient (Wildman–Crippen LogP) is 1.25. The molecule has 0 unspecified atom stereocenters. The van der Waals surface area contributed by atoms with E-state index in [-0.39, 0.29) is 10.8 Å². The van der Waals surface area contributed by atoms with E-state index >= 15 is 0 Å². The van der Waals surface area contributed by atoms with Crippen LogP contribution in [0.4, 0.5) is 0 Å². The second-order valence-electron chi connectivity index (χ2n) is 2.30. The number of hydrogen-bond acceptors (Lipinski definition) is 3. The van der Waals surface area contributed by atoms with Gasteiger partial charge in [0.2, 0.25) is 0 Å². The second kappa shape index (κ2) is 6.20. The first kappa shape index (κ1) is 11.6. The first-order valence-electron chi connectivity index (χ1n) is 3.75. The Morgan fingerprint density at radius 2 is 2.33 bits per heavy atom. The highest BCUT2D eigenvalue weighted by Gasteiger charge is 2.06. The van der Waals surface area contributed by atoms with Crippen molar-refractivity contribution in [3.8, 4) is 0 Å². The SMILES string of the molecule is CCOC(=O)/C=C/[C@H](Br)[C@@H](C)O. The Morgan fingerprint density at radius 1 is 1.75 bits per heavy atom. The van der Waals surface area contributed by atoms with Crippen molar-refractivity contribution >= 4 is 21.9 Å². The molecule has 0 aromatic heterocycles. The van der Waals surface area contributed by atoms with E-state index in [9.17, 15) is 4.79 Å². The van der Waals surface area contributed by atoms with E-state index in [0.29, 0.717) is 6.61 Å². The van der Waals surface area contributed by atoms with Crippen LogP contribution in [0.2, 0.25) is 0 Å². The molecule has 0 saturated carbocycles. The Morgan fingerprint density at radius 3 is 2.75 bits per heavy atom. The van der Waals surface area contributed by atoms with E-state index in [1.807, 2.05) is 0 Å². The molecule has 0 aliphatic heterocycles.